The van der Waals surface area contributed by atoms with Crippen molar-refractivity contribution in [2.45, 2.75) is 24.8 Å². The number of hydrogen-bond donors (Lipinski definition) is 3. The van der Waals surface area contributed by atoms with Crippen LogP contribution >= 0.6 is 11.6 Å². The molecule has 0 spiro atoms. The molecule has 1 aliphatic rings. The van der Waals surface area contributed by atoms with Crippen LogP contribution in [0.3, 0.4) is 0 Å². The standard InChI is InChI=1S/C20H19ClN4O4/c21-14-1-2-17(26)13(9-14)10-18(27)24-15-3-6-23-16(11-15)19(28)25-20(12-22)4-7-29-8-5-20/h1-3,6,9,11,26H,4-5,7-8,10H2,(H,25,28)(H,23,24,27). The fourth-order valence-corrected chi connectivity index (χ4v) is 3.17. The number of nitrogens with one attached hydrogen (secondary N) is 2. The maximum atomic E-state index is 12.6. The molecular weight excluding hydrogens is 396 g/mol. The van der Waals surface area contributed by atoms with E-state index in [0.29, 0.717) is 42.3 Å². The van der Waals surface area contributed by atoms with Crippen molar-refractivity contribution < 1.29 is 19.4 Å². The number of nitriles is 1. The number of rotatable bonds is 5. The summed E-state index contributed by atoms with van der Waals surface area (Å²) >= 11 is 5.89. The van der Waals surface area contributed by atoms with Crippen molar-refractivity contribution in [3.05, 3.63) is 52.8 Å². The highest BCUT2D eigenvalue weighted by Gasteiger charge is 2.34. The third-order valence-electron chi connectivity index (χ3n) is 4.58. The number of aromatic nitrogens is 1. The van der Waals surface area contributed by atoms with E-state index in [4.69, 9.17) is 16.3 Å². The minimum Gasteiger partial charge on any atom is -0.508 e. The number of aromatic hydroxyl groups is 1. The van der Waals surface area contributed by atoms with Gasteiger partial charge in [-0.3, -0.25) is 14.6 Å². The van der Waals surface area contributed by atoms with Crippen LogP contribution in [0.5, 0.6) is 5.75 Å². The second-order valence-corrected chi connectivity index (χ2v) is 7.12. The predicted molar refractivity (Wildman–Crippen MR) is 106 cm³/mol. The maximum absolute atomic E-state index is 12.6. The van der Waals surface area contributed by atoms with E-state index in [9.17, 15) is 20.0 Å². The highest BCUT2D eigenvalue weighted by Crippen LogP contribution is 2.23. The fraction of sp³-hybridized carbons (Fsp3) is 0.300. The van der Waals surface area contributed by atoms with Crippen molar-refractivity contribution in [3.8, 4) is 11.8 Å². The van der Waals surface area contributed by atoms with Crippen LogP contribution in [0.1, 0.15) is 28.9 Å². The van der Waals surface area contributed by atoms with Gasteiger partial charge in [-0.2, -0.15) is 5.26 Å². The first-order valence-electron chi connectivity index (χ1n) is 8.96. The molecule has 2 heterocycles. The lowest BCUT2D eigenvalue weighted by Crippen LogP contribution is -2.51. The summed E-state index contributed by atoms with van der Waals surface area (Å²) in [6, 6.07) is 9.58. The molecule has 0 unspecified atom stereocenters. The van der Waals surface area contributed by atoms with Gasteiger partial charge in [0.05, 0.1) is 12.5 Å². The minimum absolute atomic E-state index is 0.0300. The summed E-state index contributed by atoms with van der Waals surface area (Å²) in [5, 5.41) is 25.1. The molecule has 0 bridgehead atoms. The van der Waals surface area contributed by atoms with Gasteiger partial charge in [-0.15, -0.1) is 0 Å². The fourth-order valence-electron chi connectivity index (χ4n) is 2.97. The number of halogens is 1. The Morgan fingerprint density at radius 1 is 1.28 bits per heavy atom. The molecule has 29 heavy (non-hydrogen) atoms. The number of phenols is 1. The summed E-state index contributed by atoms with van der Waals surface area (Å²) in [7, 11) is 0. The molecule has 9 heteroatoms. The highest BCUT2D eigenvalue weighted by atomic mass is 35.5. The lowest BCUT2D eigenvalue weighted by molar-refractivity contribution is -0.115. The molecule has 1 fully saturated rings. The first-order chi connectivity index (χ1) is 13.9. The molecule has 1 aromatic carbocycles. The molecule has 150 valence electrons. The molecule has 0 atom stereocenters. The largest absolute Gasteiger partial charge is 0.508 e. The van der Waals surface area contributed by atoms with Crippen LogP contribution < -0.4 is 10.6 Å². The summed E-state index contributed by atoms with van der Waals surface area (Å²) in [5.41, 5.74) is -0.151. The van der Waals surface area contributed by atoms with Crippen LogP contribution in [0, 0.1) is 11.3 Å². The topological polar surface area (TPSA) is 124 Å². The molecule has 8 nitrogen and oxygen atoms in total. The lowest BCUT2D eigenvalue weighted by Gasteiger charge is -2.31. The molecule has 2 aromatic rings. The van der Waals surface area contributed by atoms with E-state index in [2.05, 4.69) is 21.7 Å². The number of carbonyl (C=O) groups is 2. The van der Waals surface area contributed by atoms with E-state index in [-0.39, 0.29) is 17.9 Å². The summed E-state index contributed by atoms with van der Waals surface area (Å²) < 4.78 is 5.25. The van der Waals surface area contributed by atoms with Gasteiger partial charge < -0.3 is 20.5 Å². The van der Waals surface area contributed by atoms with Crippen LogP contribution in [-0.2, 0) is 16.0 Å². The maximum Gasteiger partial charge on any atom is 0.271 e. The molecule has 0 aliphatic carbocycles. The van der Waals surface area contributed by atoms with E-state index in [1.807, 2.05) is 0 Å². The van der Waals surface area contributed by atoms with Crippen LogP contribution in [0.2, 0.25) is 5.02 Å². The van der Waals surface area contributed by atoms with E-state index in [0.717, 1.165) is 0 Å². The molecular formula is C20H19ClN4O4. The predicted octanol–water partition coefficient (Wildman–Crippen LogP) is 2.42. The van der Waals surface area contributed by atoms with Crippen LogP contribution in [0.25, 0.3) is 0 Å². The molecule has 1 aromatic heterocycles. The number of phenolic OH excluding ortho intramolecular Hbond substituents is 1. The average Bonchev–Trinajstić information content (AvgIpc) is 2.71. The van der Waals surface area contributed by atoms with E-state index in [1.54, 1.807) is 6.07 Å². The number of carbonyl (C=O) groups excluding carboxylic acids is 2. The minimum atomic E-state index is -0.986. The Kier molecular flexibility index (Phi) is 6.32. The number of amides is 2. The van der Waals surface area contributed by atoms with Crippen molar-refractivity contribution in [2.75, 3.05) is 18.5 Å². The number of pyridine rings is 1. The lowest BCUT2D eigenvalue weighted by atomic mass is 9.91. The Hall–Kier alpha value is -3.15. The number of nitrogens with zero attached hydrogens (tertiary/aromatic N) is 2. The quantitative estimate of drug-likeness (QED) is 0.690. The molecule has 1 saturated heterocycles. The zero-order valence-electron chi connectivity index (χ0n) is 15.4. The van der Waals surface area contributed by atoms with Gasteiger partial charge in [0.25, 0.3) is 5.91 Å². The number of hydrogen-bond acceptors (Lipinski definition) is 6. The summed E-state index contributed by atoms with van der Waals surface area (Å²) in [4.78, 5) is 28.9. The molecule has 3 N–H and O–H groups in total. The SMILES string of the molecule is N#CC1(NC(=O)c2cc(NC(=O)Cc3cc(Cl)ccc3O)ccn2)CCOCC1. The van der Waals surface area contributed by atoms with Crippen LogP contribution in [0.4, 0.5) is 5.69 Å². The van der Waals surface area contributed by atoms with Crippen LogP contribution in [0.15, 0.2) is 36.5 Å². The zero-order valence-corrected chi connectivity index (χ0v) is 16.2. The van der Waals surface area contributed by atoms with Gasteiger partial charge >= 0.3 is 0 Å². The molecule has 3 rings (SSSR count). The summed E-state index contributed by atoms with van der Waals surface area (Å²) in [6.07, 6.45) is 2.10. The Morgan fingerprint density at radius 3 is 2.76 bits per heavy atom. The third kappa shape index (κ3) is 5.22. The van der Waals surface area contributed by atoms with E-state index >= 15 is 0 Å². The van der Waals surface area contributed by atoms with E-state index in [1.165, 1.54) is 30.5 Å². The number of benzene rings is 1. The first-order valence-corrected chi connectivity index (χ1v) is 9.33. The number of anilines is 1. The van der Waals surface area contributed by atoms with Gasteiger partial charge in [0, 0.05) is 48.5 Å². The summed E-state index contributed by atoms with van der Waals surface area (Å²) in [5.74, 6) is -0.923. The summed E-state index contributed by atoms with van der Waals surface area (Å²) in [6.45, 7) is 0.793. The Labute approximate surface area is 172 Å². The smallest absolute Gasteiger partial charge is 0.271 e. The monoisotopic (exact) mass is 414 g/mol. The second kappa shape index (κ2) is 8.90. The van der Waals surface area contributed by atoms with Crippen molar-refractivity contribution in [1.82, 2.24) is 10.3 Å². The van der Waals surface area contributed by atoms with Gasteiger partial charge in [-0.25, -0.2) is 0 Å². The molecule has 0 radical (unpaired) electrons. The Balaban J connectivity index is 1.67. The van der Waals surface area contributed by atoms with Crippen molar-refractivity contribution in [3.63, 3.8) is 0 Å². The normalized spacial score (nSPS) is 15.2. The van der Waals surface area contributed by atoms with Gasteiger partial charge in [-0.1, -0.05) is 11.6 Å². The molecule has 1 aliphatic heterocycles. The highest BCUT2D eigenvalue weighted by molar-refractivity contribution is 6.30. The van der Waals surface area contributed by atoms with Crippen LogP contribution in [-0.4, -0.2) is 40.7 Å². The Bertz CT molecular complexity index is 967. The number of ether oxygens (including phenoxy) is 1. The molecule has 2 amide bonds. The van der Waals surface area contributed by atoms with Crippen molar-refractivity contribution in [2.24, 2.45) is 0 Å². The average molecular weight is 415 g/mol. The van der Waals surface area contributed by atoms with Gasteiger partial charge in [0.15, 0.2) is 0 Å². The first kappa shape index (κ1) is 20.6. The Morgan fingerprint density at radius 2 is 2.03 bits per heavy atom. The second-order valence-electron chi connectivity index (χ2n) is 6.69. The van der Waals surface area contributed by atoms with Crippen molar-refractivity contribution in [1.29, 1.82) is 5.26 Å². The van der Waals surface area contributed by atoms with Gasteiger partial charge in [0.2, 0.25) is 5.91 Å². The van der Waals surface area contributed by atoms with E-state index < -0.39 is 17.4 Å². The zero-order chi connectivity index (χ0) is 20.9. The van der Waals surface area contributed by atoms with Gasteiger partial charge in [0.1, 0.15) is 17.0 Å². The van der Waals surface area contributed by atoms with Gasteiger partial charge in [-0.05, 0) is 30.3 Å². The van der Waals surface area contributed by atoms with Crippen molar-refractivity contribution >= 4 is 29.1 Å². The third-order valence-corrected chi connectivity index (χ3v) is 4.82. The molecule has 0 saturated carbocycles.